The SMILES string of the molecule is CCC12CC3CC(O)(C1)CC(C(=O)NCCSc1cn[nH]n1)(C3)C2. The van der Waals surface area contributed by atoms with Crippen molar-refractivity contribution in [1.82, 2.24) is 20.7 Å². The third kappa shape index (κ3) is 2.75. The molecule has 6 nitrogen and oxygen atoms in total. The number of aliphatic hydroxyl groups is 1. The summed E-state index contributed by atoms with van der Waals surface area (Å²) < 4.78 is 0. The van der Waals surface area contributed by atoms with Gasteiger partial charge in [-0.3, -0.25) is 4.79 Å². The highest BCUT2D eigenvalue weighted by molar-refractivity contribution is 7.99. The third-order valence-electron chi connectivity index (χ3n) is 6.42. The molecule has 4 unspecified atom stereocenters. The van der Waals surface area contributed by atoms with Crippen LogP contribution in [0, 0.1) is 16.7 Å². The number of hydrogen-bond donors (Lipinski definition) is 3. The molecule has 0 radical (unpaired) electrons. The van der Waals surface area contributed by atoms with E-state index in [1.54, 1.807) is 18.0 Å². The van der Waals surface area contributed by atoms with E-state index in [9.17, 15) is 9.90 Å². The fourth-order valence-corrected chi connectivity index (χ4v) is 6.65. The molecule has 0 aliphatic heterocycles. The van der Waals surface area contributed by atoms with Crippen LogP contribution in [0.1, 0.15) is 51.9 Å². The lowest BCUT2D eigenvalue weighted by molar-refractivity contribution is -0.204. The summed E-state index contributed by atoms with van der Waals surface area (Å²) in [6.45, 7) is 2.84. The minimum atomic E-state index is -0.609. The van der Waals surface area contributed by atoms with Gasteiger partial charge in [0, 0.05) is 12.3 Å². The van der Waals surface area contributed by atoms with Crippen molar-refractivity contribution in [2.24, 2.45) is 16.7 Å². The van der Waals surface area contributed by atoms with Crippen LogP contribution in [-0.4, -0.2) is 44.3 Å². The zero-order valence-electron chi connectivity index (χ0n) is 14.2. The number of carbonyl (C=O) groups excluding carboxylic acids is 1. The molecular formula is C17H26N4O2S. The van der Waals surface area contributed by atoms with E-state index in [0.717, 1.165) is 42.9 Å². The molecule has 0 aromatic carbocycles. The van der Waals surface area contributed by atoms with Crippen LogP contribution >= 0.6 is 11.8 Å². The number of carbonyl (C=O) groups is 1. The highest BCUT2D eigenvalue weighted by Crippen LogP contribution is 2.67. The first-order valence-electron chi connectivity index (χ1n) is 8.96. The predicted octanol–water partition coefficient (Wildman–Crippen LogP) is 2.12. The highest BCUT2D eigenvalue weighted by atomic mass is 32.2. The number of H-pyrrole nitrogens is 1. The van der Waals surface area contributed by atoms with Gasteiger partial charge in [-0.1, -0.05) is 13.3 Å². The Bertz CT molecular complexity index is 624. The maximum atomic E-state index is 13.0. The number of rotatable bonds is 6. The van der Waals surface area contributed by atoms with Crippen molar-refractivity contribution in [3.05, 3.63) is 6.20 Å². The first-order valence-corrected chi connectivity index (χ1v) is 9.94. The van der Waals surface area contributed by atoms with Gasteiger partial charge in [0.05, 0.1) is 17.2 Å². The zero-order valence-corrected chi connectivity index (χ0v) is 15.0. The molecule has 4 saturated carbocycles. The maximum absolute atomic E-state index is 13.0. The van der Waals surface area contributed by atoms with Crippen molar-refractivity contribution in [2.75, 3.05) is 12.3 Å². The molecule has 4 fully saturated rings. The Balaban J connectivity index is 1.40. The molecule has 1 heterocycles. The summed E-state index contributed by atoms with van der Waals surface area (Å²) in [5.74, 6) is 1.45. The van der Waals surface area contributed by atoms with Crippen LogP contribution in [0.15, 0.2) is 11.2 Å². The van der Waals surface area contributed by atoms with Crippen LogP contribution in [0.3, 0.4) is 0 Å². The minimum Gasteiger partial charge on any atom is -0.390 e. The lowest BCUT2D eigenvalue weighted by Crippen LogP contribution is -2.63. The van der Waals surface area contributed by atoms with Crippen LogP contribution in [0.25, 0.3) is 0 Å². The van der Waals surface area contributed by atoms with E-state index >= 15 is 0 Å². The third-order valence-corrected chi connectivity index (χ3v) is 7.32. The molecule has 24 heavy (non-hydrogen) atoms. The summed E-state index contributed by atoms with van der Waals surface area (Å²) in [6.07, 6.45) is 8.31. The number of aromatic amines is 1. The molecule has 4 aliphatic carbocycles. The molecule has 0 spiro atoms. The summed E-state index contributed by atoms with van der Waals surface area (Å²) in [5.41, 5.74) is -0.772. The molecule has 4 bridgehead atoms. The standard InChI is InChI=1S/C17H26N4O2S/c1-2-15-5-12-6-16(9-15,11-17(23,7-12)10-15)14(22)18-3-4-24-13-8-19-21-20-13/h8,12,23H,2-7,9-11H2,1H3,(H,18,22)(H,19,20,21). The van der Waals surface area contributed by atoms with Gasteiger partial charge in [0.15, 0.2) is 0 Å². The lowest BCUT2D eigenvalue weighted by Gasteiger charge is -2.64. The molecule has 4 atom stereocenters. The van der Waals surface area contributed by atoms with Crippen molar-refractivity contribution in [2.45, 2.75) is 62.5 Å². The van der Waals surface area contributed by atoms with Crippen LogP contribution < -0.4 is 5.32 Å². The van der Waals surface area contributed by atoms with E-state index in [2.05, 4.69) is 27.7 Å². The average Bonchev–Trinajstić information content (AvgIpc) is 3.02. The van der Waals surface area contributed by atoms with Crippen LogP contribution in [0.4, 0.5) is 0 Å². The summed E-state index contributed by atoms with van der Waals surface area (Å²) in [7, 11) is 0. The van der Waals surface area contributed by atoms with E-state index in [1.165, 1.54) is 6.42 Å². The summed E-state index contributed by atoms with van der Waals surface area (Å²) in [6, 6.07) is 0. The Morgan fingerprint density at radius 1 is 1.42 bits per heavy atom. The molecule has 4 aliphatic rings. The van der Waals surface area contributed by atoms with E-state index < -0.39 is 5.60 Å². The van der Waals surface area contributed by atoms with Gasteiger partial charge in [-0.05, 0) is 49.9 Å². The van der Waals surface area contributed by atoms with Crippen LogP contribution in [0.2, 0.25) is 0 Å². The second-order valence-corrected chi connectivity index (χ2v) is 9.39. The van der Waals surface area contributed by atoms with Crippen molar-refractivity contribution in [3.8, 4) is 0 Å². The number of aromatic nitrogens is 3. The van der Waals surface area contributed by atoms with Gasteiger partial charge in [-0.2, -0.15) is 10.3 Å². The second kappa shape index (κ2) is 5.73. The maximum Gasteiger partial charge on any atom is 0.226 e. The normalized spacial score (nSPS) is 40.0. The van der Waals surface area contributed by atoms with E-state index in [1.807, 2.05) is 0 Å². The van der Waals surface area contributed by atoms with Crippen molar-refractivity contribution < 1.29 is 9.90 Å². The Labute approximate surface area is 146 Å². The van der Waals surface area contributed by atoms with Crippen molar-refractivity contribution in [1.29, 1.82) is 0 Å². The van der Waals surface area contributed by atoms with Crippen LogP contribution in [0.5, 0.6) is 0 Å². The Morgan fingerprint density at radius 3 is 3.00 bits per heavy atom. The number of amides is 1. The molecule has 132 valence electrons. The van der Waals surface area contributed by atoms with Gasteiger partial charge in [0.2, 0.25) is 5.91 Å². The largest absolute Gasteiger partial charge is 0.390 e. The molecule has 1 aromatic rings. The van der Waals surface area contributed by atoms with E-state index in [4.69, 9.17) is 0 Å². The Hall–Kier alpha value is -1.08. The van der Waals surface area contributed by atoms with Gasteiger partial charge < -0.3 is 10.4 Å². The Kier molecular flexibility index (Phi) is 3.91. The molecule has 0 saturated heterocycles. The minimum absolute atomic E-state index is 0.156. The summed E-state index contributed by atoms with van der Waals surface area (Å²) >= 11 is 1.58. The molecule has 1 aromatic heterocycles. The highest BCUT2D eigenvalue weighted by Gasteiger charge is 2.64. The fraction of sp³-hybridized carbons (Fsp3) is 0.824. The van der Waals surface area contributed by atoms with Gasteiger partial charge in [-0.25, -0.2) is 0 Å². The molecular weight excluding hydrogens is 324 g/mol. The van der Waals surface area contributed by atoms with Crippen molar-refractivity contribution >= 4 is 17.7 Å². The lowest BCUT2D eigenvalue weighted by atomic mass is 9.42. The summed E-state index contributed by atoms with van der Waals surface area (Å²) in [4.78, 5) is 13.0. The Morgan fingerprint density at radius 2 is 2.29 bits per heavy atom. The molecule has 7 heteroatoms. The average molecular weight is 350 g/mol. The zero-order chi connectivity index (χ0) is 16.8. The van der Waals surface area contributed by atoms with Crippen LogP contribution in [-0.2, 0) is 4.79 Å². The predicted molar refractivity (Wildman–Crippen MR) is 91.4 cm³/mol. The second-order valence-electron chi connectivity index (χ2n) is 8.28. The number of thioether (sulfide) groups is 1. The quantitative estimate of drug-likeness (QED) is 0.540. The first kappa shape index (κ1) is 16.4. The van der Waals surface area contributed by atoms with Gasteiger partial charge in [0.25, 0.3) is 0 Å². The van der Waals surface area contributed by atoms with E-state index in [-0.39, 0.29) is 16.7 Å². The molecule has 5 rings (SSSR count). The van der Waals surface area contributed by atoms with Crippen molar-refractivity contribution in [3.63, 3.8) is 0 Å². The smallest absolute Gasteiger partial charge is 0.226 e. The molecule has 3 N–H and O–H groups in total. The molecule has 1 amide bonds. The monoisotopic (exact) mass is 350 g/mol. The summed E-state index contributed by atoms with van der Waals surface area (Å²) in [5, 5.41) is 25.3. The van der Waals surface area contributed by atoms with Gasteiger partial charge in [0.1, 0.15) is 5.03 Å². The topological polar surface area (TPSA) is 90.9 Å². The number of nitrogens with zero attached hydrogens (tertiary/aromatic N) is 2. The first-order chi connectivity index (χ1) is 11.5. The van der Waals surface area contributed by atoms with Gasteiger partial charge in [-0.15, -0.1) is 16.9 Å². The van der Waals surface area contributed by atoms with Gasteiger partial charge >= 0.3 is 0 Å². The number of nitrogens with one attached hydrogen (secondary N) is 2. The number of hydrogen-bond acceptors (Lipinski definition) is 5. The fourth-order valence-electron chi connectivity index (χ4n) is 6.00. The van der Waals surface area contributed by atoms with E-state index in [0.29, 0.717) is 18.9 Å².